The number of ether oxygens (including phenoxy) is 1. The average Bonchev–Trinajstić information content (AvgIpc) is 2.38. The van der Waals surface area contributed by atoms with Gasteiger partial charge in [-0.2, -0.15) is 12.6 Å². The number of thiol groups is 1. The van der Waals surface area contributed by atoms with Crippen molar-refractivity contribution < 1.29 is 24.2 Å². The molecule has 0 aromatic heterocycles. The van der Waals surface area contributed by atoms with Crippen LogP contribution in [0, 0.1) is 0 Å². The van der Waals surface area contributed by atoms with Crippen LogP contribution in [0.15, 0.2) is 0 Å². The van der Waals surface area contributed by atoms with Crippen LogP contribution in [0.5, 0.6) is 0 Å². The zero-order valence-corrected chi connectivity index (χ0v) is 14.1. The van der Waals surface area contributed by atoms with Gasteiger partial charge in [-0.1, -0.05) is 0 Å². The van der Waals surface area contributed by atoms with Gasteiger partial charge in [0, 0.05) is 5.75 Å². The minimum absolute atomic E-state index is 0.0506. The summed E-state index contributed by atoms with van der Waals surface area (Å²) in [5, 5.41) is 13.4. The lowest BCUT2D eigenvalue weighted by molar-refractivity contribution is -0.141. The van der Waals surface area contributed by atoms with Crippen LogP contribution in [-0.2, 0) is 19.1 Å². The minimum atomic E-state index is -1.20. The fourth-order valence-electron chi connectivity index (χ4n) is 1.56. The number of hydrogen-bond acceptors (Lipinski definition) is 6. The van der Waals surface area contributed by atoms with Gasteiger partial charge < -0.3 is 26.2 Å². The maximum atomic E-state index is 11.8. The topological polar surface area (TPSA) is 131 Å². The highest BCUT2D eigenvalue weighted by Gasteiger charge is 2.26. The van der Waals surface area contributed by atoms with Crippen molar-refractivity contribution in [3.05, 3.63) is 0 Å². The molecule has 3 atom stereocenters. The number of aliphatic carboxylic acids is 1. The Bertz CT molecular complexity index is 411. The summed E-state index contributed by atoms with van der Waals surface area (Å²) in [6, 6.07) is -2.04. The van der Waals surface area contributed by atoms with Crippen molar-refractivity contribution in [2.75, 3.05) is 12.3 Å². The smallest absolute Gasteiger partial charge is 0.327 e. The summed E-state index contributed by atoms with van der Waals surface area (Å²) in [6.45, 7) is 6.81. The molecule has 0 heterocycles. The fourth-order valence-corrected chi connectivity index (χ4v) is 1.81. The SMILES string of the molecule is C[C@@H](OC(C)(C)C)[C@H](N)C(=O)NCC(=O)N[C@@H](CS)C(=O)O. The Hall–Kier alpha value is -1.32. The molecule has 0 unspecified atom stereocenters. The molecular formula is C13H25N3O5S. The van der Waals surface area contributed by atoms with Gasteiger partial charge in [0.2, 0.25) is 11.8 Å². The molecule has 0 saturated heterocycles. The van der Waals surface area contributed by atoms with E-state index in [1.54, 1.807) is 6.92 Å². The third-order valence-corrected chi connectivity index (χ3v) is 2.95. The lowest BCUT2D eigenvalue weighted by atomic mass is 10.1. The van der Waals surface area contributed by atoms with Crippen LogP contribution in [-0.4, -0.2) is 59.0 Å². The molecule has 0 aliphatic carbocycles. The van der Waals surface area contributed by atoms with Gasteiger partial charge in [0.15, 0.2) is 0 Å². The van der Waals surface area contributed by atoms with Crippen LogP contribution in [0.2, 0.25) is 0 Å². The molecule has 0 aliphatic heterocycles. The van der Waals surface area contributed by atoms with E-state index in [-0.39, 0.29) is 12.3 Å². The van der Waals surface area contributed by atoms with Crippen molar-refractivity contribution in [1.29, 1.82) is 0 Å². The second kappa shape index (κ2) is 8.96. The number of nitrogens with one attached hydrogen (secondary N) is 2. The van der Waals surface area contributed by atoms with E-state index in [9.17, 15) is 14.4 Å². The molecule has 0 fully saturated rings. The highest BCUT2D eigenvalue weighted by molar-refractivity contribution is 7.80. The Morgan fingerprint density at radius 2 is 1.86 bits per heavy atom. The predicted molar refractivity (Wildman–Crippen MR) is 84.7 cm³/mol. The van der Waals surface area contributed by atoms with Crippen molar-refractivity contribution in [2.45, 2.75) is 51.5 Å². The normalized spacial score (nSPS) is 15.5. The van der Waals surface area contributed by atoms with Gasteiger partial charge in [-0.15, -0.1) is 0 Å². The molecule has 5 N–H and O–H groups in total. The van der Waals surface area contributed by atoms with E-state index in [0.29, 0.717) is 0 Å². The molecule has 0 spiro atoms. The Labute approximate surface area is 135 Å². The summed E-state index contributed by atoms with van der Waals surface area (Å²) in [5.74, 6) is -2.43. The largest absolute Gasteiger partial charge is 0.480 e. The highest BCUT2D eigenvalue weighted by Crippen LogP contribution is 2.12. The Morgan fingerprint density at radius 3 is 2.27 bits per heavy atom. The molecular weight excluding hydrogens is 310 g/mol. The monoisotopic (exact) mass is 335 g/mol. The standard InChI is InChI=1S/C13H25N3O5S/c1-7(21-13(2,3)4)10(14)11(18)15-5-9(17)16-8(6-22)12(19)20/h7-8,10,22H,5-6,14H2,1-4H3,(H,15,18)(H,16,17)(H,19,20)/t7-,8+,10+/m1/s1. The Balaban J connectivity index is 4.32. The third-order valence-electron chi connectivity index (χ3n) is 2.59. The van der Waals surface area contributed by atoms with Crippen LogP contribution < -0.4 is 16.4 Å². The van der Waals surface area contributed by atoms with Crippen molar-refractivity contribution in [3.63, 3.8) is 0 Å². The molecule has 0 bridgehead atoms. The first-order valence-electron chi connectivity index (χ1n) is 6.82. The Morgan fingerprint density at radius 1 is 1.32 bits per heavy atom. The lowest BCUT2D eigenvalue weighted by Gasteiger charge is -2.28. The molecule has 0 saturated carbocycles. The van der Waals surface area contributed by atoms with Crippen molar-refractivity contribution in [1.82, 2.24) is 10.6 Å². The first-order chi connectivity index (χ1) is 9.97. The summed E-state index contributed by atoms with van der Waals surface area (Å²) in [4.78, 5) is 34.1. The molecule has 22 heavy (non-hydrogen) atoms. The van der Waals surface area contributed by atoms with E-state index in [4.69, 9.17) is 15.6 Å². The molecule has 128 valence electrons. The molecule has 9 heteroatoms. The fraction of sp³-hybridized carbons (Fsp3) is 0.769. The summed E-state index contributed by atoms with van der Waals surface area (Å²) < 4.78 is 5.57. The van der Waals surface area contributed by atoms with Crippen LogP contribution in [0.3, 0.4) is 0 Å². The summed E-state index contributed by atoms with van der Waals surface area (Å²) in [6.07, 6.45) is -0.535. The number of carboxylic acids is 1. The average molecular weight is 335 g/mol. The van der Waals surface area contributed by atoms with Crippen LogP contribution >= 0.6 is 12.6 Å². The zero-order valence-electron chi connectivity index (χ0n) is 13.3. The number of hydrogen-bond donors (Lipinski definition) is 5. The van der Waals surface area contributed by atoms with Crippen LogP contribution in [0.25, 0.3) is 0 Å². The van der Waals surface area contributed by atoms with Gasteiger partial charge >= 0.3 is 5.97 Å². The zero-order chi connectivity index (χ0) is 17.5. The molecule has 0 radical (unpaired) electrons. The van der Waals surface area contributed by atoms with E-state index in [0.717, 1.165) is 0 Å². The van der Waals surface area contributed by atoms with Crippen molar-refractivity contribution in [3.8, 4) is 0 Å². The molecule has 0 aromatic rings. The maximum absolute atomic E-state index is 11.8. The first kappa shape index (κ1) is 20.7. The number of carbonyl (C=O) groups excluding carboxylic acids is 2. The Kier molecular flexibility index (Phi) is 8.43. The first-order valence-corrected chi connectivity index (χ1v) is 7.45. The van der Waals surface area contributed by atoms with Gasteiger partial charge in [-0.05, 0) is 27.7 Å². The van der Waals surface area contributed by atoms with Crippen LogP contribution in [0.4, 0.5) is 0 Å². The lowest BCUT2D eigenvalue weighted by Crippen LogP contribution is -2.53. The summed E-state index contributed by atoms with van der Waals surface area (Å²) in [5.41, 5.74) is 5.31. The van der Waals surface area contributed by atoms with E-state index in [1.807, 2.05) is 20.8 Å². The predicted octanol–water partition coefficient (Wildman–Crippen LogP) is -0.867. The van der Waals surface area contributed by atoms with Gasteiger partial charge in [0.05, 0.1) is 18.2 Å². The van der Waals surface area contributed by atoms with Crippen molar-refractivity contribution >= 4 is 30.4 Å². The highest BCUT2D eigenvalue weighted by atomic mass is 32.1. The van der Waals surface area contributed by atoms with E-state index in [2.05, 4.69) is 23.3 Å². The summed E-state index contributed by atoms with van der Waals surface area (Å²) in [7, 11) is 0. The number of nitrogens with two attached hydrogens (primary N) is 1. The van der Waals surface area contributed by atoms with E-state index in [1.165, 1.54) is 0 Å². The van der Waals surface area contributed by atoms with Crippen molar-refractivity contribution in [2.24, 2.45) is 5.73 Å². The van der Waals surface area contributed by atoms with Gasteiger partial charge in [-0.25, -0.2) is 4.79 Å². The maximum Gasteiger partial charge on any atom is 0.327 e. The van der Waals surface area contributed by atoms with Crippen LogP contribution in [0.1, 0.15) is 27.7 Å². The molecule has 0 aliphatic rings. The number of carbonyl (C=O) groups is 3. The number of amides is 2. The second-order valence-corrected chi connectivity index (χ2v) is 6.18. The molecule has 8 nitrogen and oxygen atoms in total. The van der Waals surface area contributed by atoms with Gasteiger partial charge in [0.25, 0.3) is 0 Å². The van der Waals surface area contributed by atoms with Gasteiger partial charge in [0.1, 0.15) is 12.1 Å². The van der Waals surface area contributed by atoms with E-state index < -0.39 is 41.6 Å². The minimum Gasteiger partial charge on any atom is -0.480 e. The van der Waals surface area contributed by atoms with Gasteiger partial charge in [-0.3, -0.25) is 9.59 Å². The third kappa shape index (κ3) is 8.20. The molecule has 2 amide bonds. The molecule has 0 aromatic carbocycles. The molecule has 0 rings (SSSR count). The number of carboxylic acid groups (broad SMARTS) is 1. The quantitative estimate of drug-likeness (QED) is 0.367. The van der Waals surface area contributed by atoms with E-state index >= 15 is 0 Å². The second-order valence-electron chi connectivity index (χ2n) is 5.82. The summed E-state index contributed by atoms with van der Waals surface area (Å²) >= 11 is 3.82. The number of rotatable bonds is 8.